The van der Waals surface area contributed by atoms with Gasteiger partial charge in [0.15, 0.2) is 0 Å². The van der Waals surface area contributed by atoms with E-state index >= 15 is 0 Å². The predicted octanol–water partition coefficient (Wildman–Crippen LogP) is 17.7. The number of fused-ring (bicyclic) bond motifs is 8. The molecule has 0 fully saturated rings. The maximum Gasteiger partial charge on any atom is 0.0462 e. The summed E-state index contributed by atoms with van der Waals surface area (Å²) in [5, 5.41) is 7.88. The van der Waals surface area contributed by atoms with E-state index in [2.05, 4.69) is 229 Å². The number of hydrogen-bond acceptors (Lipinski definition) is 3. The van der Waals surface area contributed by atoms with Crippen LogP contribution in [0.2, 0.25) is 0 Å². The van der Waals surface area contributed by atoms with E-state index in [1.54, 1.807) is 0 Å². The molecule has 0 aliphatic heterocycles. The predicted molar refractivity (Wildman–Crippen MR) is 266 cm³/mol. The van der Waals surface area contributed by atoms with Crippen LogP contribution in [0.15, 0.2) is 224 Å². The summed E-state index contributed by atoms with van der Waals surface area (Å²) < 4.78 is 5.34. The van der Waals surface area contributed by atoms with Crippen molar-refractivity contribution in [3.63, 3.8) is 0 Å². The molecular weight excluding hydrogens is 775 g/mol. The first-order valence-electron chi connectivity index (χ1n) is 20.7. The quantitative estimate of drug-likeness (QED) is 0.155. The zero-order valence-electron chi connectivity index (χ0n) is 33.1. The molecule has 2 aromatic heterocycles. The highest BCUT2D eigenvalue weighted by molar-refractivity contribution is 7.27. The lowest BCUT2D eigenvalue weighted by atomic mass is 9.99. The van der Waals surface area contributed by atoms with Crippen molar-refractivity contribution in [2.75, 3.05) is 4.90 Å². The van der Waals surface area contributed by atoms with E-state index in [-0.39, 0.29) is 0 Å². The van der Waals surface area contributed by atoms with E-state index < -0.39 is 0 Å². The molecule has 0 saturated heterocycles. The molecule has 2 heterocycles. The van der Waals surface area contributed by atoms with E-state index in [1.807, 2.05) is 22.7 Å². The second-order valence-electron chi connectivity index (χ2n) is 15.6. The summed E-state index contributed by atoms with van der Waals surface area (Å²) in [5.74, 6) is 0. The number of rotatable bonds is 7. The van der Waals surface area contributed by atoms with Crippen LogP contribution in [0.4, 0.5) is 17.1 Å². The third-order valence-electron chi connectivity index (χ3n) is 12.1. The molecule has 286 valence electrons. The van der Waals surface area contributed by atoms with Gasteiger partial charge in [0.25, 0.3) is 0 Å². The first-order chi connectivity index (χ1) is 30.2. The molecule has 0 amide bonds. The summed E-state index contributed by atoms with van der Waals surface area (Å²) in [4.78, 5) is 2.38. The Morgan fingerprint density at radius 1 is 0.246 bits per heavy atom. The molecule has 0 radical (unpaired) electrons. The molecule has 0 unspecified atom stereocenters. The van der Waals surface area contributed by atoms with Crippen molar-refractivity contribution in [2.24, 2.45) is 0 Å². The first kappa shape index (κ1) is 35.6. The van der Waals surface area contributed by atoms with Crippen LogP contribution in [0.25, 0.3) is 95.6 Å². The van der Waals surface area contributed by atoms with Gasteiger partial charge in [-0.3, -0.25) is 0 Å². The lowest BCUT2D eigenvalue weighted by molar-refractivity contribution is 1.28. The fourth-order valence-corrected chi connectivity index (χ4v) is 11.7. The van der Waals surface area contributed by atoms with Gasteiger partial charge in [0.1, 0.15) is 0 Å². The largest absolute Gasteiger partial charge is 0.311 e. The van der Waals surface area contributed by atoms with Crippen molar-refractivity contribution in [3.8, 4) is 44.5 Å². The van der Waals surface area contributed by atoms with Crippen LogP contribution in [0, 0.1) is 0 Å². The molecule has 3 heteroatoms. The lowest BCUT2D eigenvalue weighted by Crippen LogP contribution is -2.09. The summed E-state index contributed by atoms with van der Waals surface area (Å²) in [6.45, 7) is 0. The van der Waals surface area contributed by atoms with Crippen molar-refractivity contribution in [3.05, 3.63) is 224 Å². The number of anilines is 3. The van der Waals surface area contributed by atoms with Gasteiger partial charge < -0.3 is 4.90 Å². The van der Waals surface area contributed by atoms with E-state index in [9.17, 15) is 0 Å². The maximum atomic E-state index is 2.38. The lowest BCUT2D eigenvalue weighted by Gasteiger charge is -2.26. The third-order valence-corrected chi connectivity index (χ3v) is 14.6. The topological polar surface area (TPSA) is 3.24 Å². The van der Waals surface area contributed by atoms with Gasteiger partial charge in [0.2, 0.25) is 0 Å². The van der Waals surface area contributed by atoms with Crippen molar-refractivity contribution in [2.45, 2.75) is 0 Å². The van der Waals surface area contributed by atoms with Crippen LogP contribution in [0.1, 0.15) is 0 Å². The molecule has 12 rings (SSSR count). The average Bonchev–Trinajstić information content (AvgIpc) is 3.92. The Bertz CT molecular complexity index is 3540. The van der Waals surface area contributed by atoms with Gasteiger partial charge >= 0.3 is 0 Å². The SMILES string of the molecule is c1ccc(-c2ccc(-c3ccc(N(c4ccc(-c5cccc6c5sc5ccccc56)cc4)c4ccc(-c5cccc6c5sc5c7ccccc7ccc65)cc4)cc3)cc2)cc1. The number of thiophene rings is 2. The van der Waals surface area contributed by atoms with Gasteiger partial charge in [-0.15, -0.1) is 22.7 Å². The molecule has 0 saturated carbocycles. The van der Waals surface area contributed by atoms with Gasteiger partial charge in [-0.05, 0) is 97.7 Å². The van der Waals surface area contributed by atoms with Gasteiger partial charge in [-0.1, -0.05) is 182 Å². The minimum absolute atomic E-state index is 1.11. The monoisotopic (exact) mass is 811 g/mol. The van der Waals surface area contributed by atoms with Crippen LogP contribution < -0.4 is 4.90 Å². The highest BCUT2D eigenvalue weighted by Crippen LogP contribution is 2.45. The molecule has 0 aliphatic rings. The van der Waals surface area contributed by atoms with E-state index in [0.717, 1.165) is 17.1 Å². The molecule has 0 aliphatic carbocycles. The molecule has 1 nitrogen and oxygen atoms in total. The molecular formula is C58H37NS2. The van der Waals surface area contributed by atoms with Crippen LogP contribution in [0.3, 0.4) is 0 Å². The Morgan fingerprint density at radius 2 is 0.672 bits per heavy atom. The van der Waals surface area contributed by atoms with Crippen molar-refractivity contribution < 1.29 is 0 Å². The number of nitrogens with zero attached hydrogens (tertiary/aromatic N) is 1. The second-order valence-corrected chi connectivity index (χ2v) is 17.7. The fourth-order valence-electron chi connectivity index (χ4n) is 9.04. The molecule has 0 atom stereocenters. The Morgan fingerprint density at radius 3 is 1.28 bits per heavy atom. The second kappa shape index (κ2) is 14.8. The Labute approximate surface area is 362 Å². The minimum atomic E-state index is 1.11. The van der Waals surface area contributed by atoms with Gasteiger partial charge in [-0.2, -0.15) is 0 Å². The molecule has 12 aromatic rings. The van der Waals surface area contributed by atoms with Crippen molar-refractivity contribution >= 4 is 90.9 Å². The molecule has 0 bridgehead atoms. The Kier molecular flexibility index (Phi) is 8.62. The van der Waals surface area contributed by atoms with Crippen LogP contribution in [-0.2, 0) is 0 Å². The molecule has 10 aromatic carbocycles. The van der Waals surface area contributed by atoms with E-state index in [4.69, 9.17) is 0 Å². The molecule has 61 heavy (non-hydrogen) atoms. The summed E-state index contributed by atoms with van der Waals surface area (Å²) in [7, 11) is 0. The van der Waals surface area contributed by atoms with Gasteiger partial charge in [-0.25, -0.2) is 0 Å². The fraction of sp³-hybridized carbons (Fsp3) is 0. The molecule has 0 N–H and O–H groups in total. The molecule has 0 spiro atoms. The highest BCUT2D eigenvalue weighted by Gasteiger charge is 2.17. The maximum absolute atomic E-state index is 2.38. The van der Waals surface area contributed by atoms with Gasteiger partial charge in [0.05, 0.1) is 0 Å². The van der Waals surface area contributed by atoms with E-state index in [0.29, 0.717) is 0 Å². The van der Waals surface area contributed by atoms with E-state index in [1.165, 1.54) is 95.6 Å². The highest BCUT2D eigenvalue weighted by atomic mass is 32.1. The van der Waals surface area contributed by atoms with Gasteiger partial charge in [0, 0.05) is 57.4 Å². The summed E-state index contributed by atoms with van der Waals surface area (Å²) >= 11 is 3.79. The zero-order valence-corrected chi connectivity index (χ0v) is 34.8. The smallest absolute Gasteiger partial charge is 0.0462 e. The van der Waals surface area contributed by atoms with Crippen LogP contribution in [-0.4, -0.2) is 0 Å². The summed E-state index contributed by atoms with van der Waals surface area (Å²) in [6, 6.07) is 82.2. The minimum Gasteiger partial charge on any atom is -0.311 e. The van der Waals surface area contributed by atoms with Crippen LogP contribution >= 0.6 is 22.7 Å². The summed E-state index contributed by atoms with van der Waals surface area (Å²) in [5.41, 5.74) is 13.1. The Balaban J connectivity index is 0.929. The average molecular weight is 812 g/mol. The van der Waals surface area contributed by atoms with Crippen LogP contribution in [0.5, 0.6) is 0 Å². The number of benzene rings is 10. The summed E-state index contributed by atoms with van der Waals surface area (Å²) in [6.07, 6.45) is 0. The van der Waals surface area contributed by atoms with Crippen molar-refractivity contribution in [1.82, 2.24) is 0 Å². The number of hydrogen-bond donors (Lipinski definition) is 0. The zero-order chi connectivity index (χ0) is 40.3. The Hall–Kier alpha value is -7.30. The third kappa shape index (κ3) is 6.21. The first-order valence-corrected chi connectivity index (χ1v) is 22.4. The standard InChI is InChI=1S/C58H37NS2/c1-2-10-38(11-3-1)39-20-22-40(23-21-39)41-24-31-45(32-25-41)59(46-33-26-43(27-34-46)49-15-8-17-52-51-14-6-7-19-55(51)60-56(49)52)47-35-28-44(29-36-47)50-16-9-18-53-54-37-30-42-12-4-5-13-48(42)58(54)61-57(50)53/h1-37H. The normalized spacial score (nSPS) is 11.6. The van der Waals surface area contributed by atoms with Crippen molar-refractivity contribution in [1.29, 1.82) is 0 Å².